The second kappa shape index (κ2) is 8.34. The molecule has 5 heteroatoms. The fourth-order valence-electron chi connectivity index (χ4n) is 4.78. The van der Waals surface area contributed by atoms with Gasteiger partial charge in [-0.2, -0.15) is 0 Å². The topological polar surface area (TPSA) is 55.5 Å². The van der Waals surface area contributed by atoms with E-state index in [0.717, 1.165) is 31.5 Å². The predicted molar refractivity (Wildman–Crippen MR) is 113 cm³/mol. The Bertz CT molecular complexity index is 787. The number of likely N-dealkylation sites (tertiary alicyclic amines) is 1. The summed E-state index contributed by atoms with van der Waals surface area (Å²) in [5, 5.41) is 8.48. The van der Waals surface area contributed by atoms with Gasteiger partial charge in [-0.1, -0.05) is 31.0 Å². The molecule has 0 amide bonds. The third-order valence-corrected chi connectivity index (χ3v) is 6.32. The first-order chi connectivity index (χ1) is 13.2. The second-order valence-corrected chi connectivity index (χ2v) is 8.12. The molecule has 0 bridgehead atoms. The van der Waals surface area contributed by atoms with Crippen LogP contribution in [0, 0.1) is 6.92 Å². The van der Waals surface area contributed by atoms with Gasteiger partial charge in [-0.15, -0.1) is 0 Å². The van der Waals surface area contributed by atoms with Crippen molar-refractivity contribution in [2.24, 2.45) is 4.99 Å². The Balaban J connectivity index is 1.26. The van der Waals surface area contributed by atoms with E-state index in [-0.39, 0.29) is 0 Å². The number of rotatable bonds is 5. The smallest absolute Gasteiger partial charge is 0.191 e. The van der Waals surface area contributed by atoms with Gasteiger partial charge in [0.1, 0.15) is 0 Å². The maximum Gasteiger partial charge on any atom is 0.191 e. The minimum atomic E-state index is 0.521. The van der Waals surface area contributed by atoms with E-state index >= 15 is 0 Å². The molecule has 1 aliphatic heterocycles. The van der Waals surface area contributed by atoms with E-state index in [1.54, 1.807) is 0 Å². The van der Waals surface area contributed by atoms with E-state index in [4.69, 9.17) is 0 Å². The summed E-state index contributed by atoms with van der Waals surface area (Å²) in [4.78, 5) is 10.5. The van der Waals surface area contributed by atoms with Gasteiger partial charge >= 0.3 is 0 Å². The second-order valence-electron chi connectivity index (χ2n) is 8.12. The number of para-hydroxylation sites is 1. The highest BCUT2D eigenvalue weighted by molar-refractivity contribution is 5.86. The highest BCUT2D eigenvalue weighted by atomic mass is 15.3. The van der Waals surface area contributed by atoms with Gasteiger partial charge in [-0.05, 0) is 43.7 Å². The number of H-pyrrole nitrogens is 1. The van der Waals surface area contributed by atoms with Crippen molar-refractivity contribution in [3.63, 3.8) is 0 Å². The average molecular weight is 368 g/mol. The van der Waals surface area contributed by atoms with Gasteiger partial charge in [0.05, 0.1) is 0 Å². The molecule has 27 heavy (non-hydrogen) atoms. The molecule has 1 saturated carbocycles. The average Bonchev–Trinajstić information content (AvgIpc) is 3.42. The van der Waals surface area contributed by atoms with Crippen LogP contribution in [0.15, 0.2) is 29.4 Å². The molecule has 1 unspecified atom stereocenters. The van der Waals surface area contributed by atoms with Crippen molar-refractivity contribution in [1.29, 1.82) is 0 Å². The molecule has 3 N–H and O–H groups in total. The Morgan fingerprint density at radius 1 is 1.26 bits per heavy atom. The molecule has 2 aliphatic rings. The molecule has 1 aromatic carbocycles. The van der Waals surface area contributed by atoms with Crippen LogP contribution in [0.2, 0.25) is 0 Å². The number of aromatic amines is 1. The zero-order valence-electron chi connectivity index (χ0n) is 16.7. The highest BCUT2D eigenvalue weighted by Crippen LogP contribution is 2.26. The van der Waals surface area contributed by atoms with Crippen molar-refractivity contribution in [2.75, 3.05) is 26.7 Å². The number of aryl methyl sites for hydroxylation is 1. The summed E-state index contributed by atoms with van der Waals surface area (Å²) in [5.74, 6) is 0.935. The van der Waals surface area contributed by atoms with E-state index in [9.17, 15) is 0 Å². The van der Waals surface area contributed by atoms with Crippen molar-refractivity contribution in [3.8, 4) is 0 Å². The van der Waals surface area contributed by atoms with Gasteiger partial charge in [0, 0.05) is 55.9 Å². The molecule has 2 fully saturated rings. The van der Waals surface area contributed by atoms with Crippen molar-refractivity contribution >= 4 is 16.9 Å². The molecule has 0 radical (unpaired) electrons. The first-order valence-corrected chi connectivity index (χ1v) is 10.5. The lowest BCUT2D eigenvalue weighted by atomic mass is 10.1. The third-order valence-electron chi connectivity index (χ3n) is 6.32. The lowest BCUT2D eigenvalue weighted by Crippen LogP contribution is -2.45. The van der Waals surface area contributed by atoms with Crippen molar-refractivity contribution in [1.82, 2.24) is 20.5 Å². The minimum Gasteiger partial charge on any atom is -0.361 e. The number of hydrogen-bond donors (Lipinski definition) is 3. The SMILES string of the molecule is CN=C(NCCc1c[nH]c2c(C)cccc12)NC1CCN(C2CCCC2)C1. The number of guanidine groups is 1. The zero-order valence-corrected chi connectivity index (χ0v) is 16.7. The van der Waals surface area contributed by atoms with E-state index < -0.39 is 0 Å². The Hall–Kier alpha value is -2.01. The third kappa shape index (κ3) is 4.13. The molecular formula is C22H33N5. The van der Waals surface area contributed by atoms with E-state index in [0.29, 0.717) is 6.04 Å². The van der Waals surface area contributed by atoms with Crippen LogP contribution in [0.3, 0.4) is 0 Å². The van der Waals surface area contributed by atoms with Crippen LogP contribution in [0.25, 0.3) is 10.9 Å². The van der Waals surface area contributed by atoms with E-state index in [1.165, 1.54) is 60.7 Å². The van der Waals surface area contributed by atoms with Crippen LogP contribution in [0.5, 0.6) is 0 Å². The quantitative estimate of drug-likeness (QED) is 0.562. The normalized spacial score (nSPS) is 22.0. The van der Waals surface area contributed by atoms with Crippen LogP contribution < -0.4 is 10.6 Å². The number of benzene rings is 1. The lowest BCUT2D eigenvalue weighted by Gasteiger charge is -2.24. The molecule has 2 heterocycles. The van der Waals surface area contributed by atoms with Crippen LogP contribution in [-0.4, -0.2) is 54.6 Å². The number of aromatic nitrogens is 1. The maximum absolute atomic E-state index is 4.44. The van der Waals surface area contributed by atoms with Crippen LogP contribution in [0.1, 0.15) is 43.2 Å². The van der Waals surface area contributed by atoms with Crippen LogP contribution in [0.4, 0.5) is 0 Å². The molecule has 4 rings (SSSR count). The molecule has 1 aliphatic carbocycles. The molecule has 2 aromatic rings. The van der Waals surface area contributed by atoms with Crippen molar-refractivity contribution < 1.29 is 0 Å². The molecule has 1 aromatic heterocycles. The summed E-state index contributed by atoms with van der Waals surface area (Å²) in [6.45, 7) is 5.43. The summed E-state index contributed by atoms with van der Waals surface area (Å²) in [6, 6.07) is 7.85. The Labute approximate surface area is 162 Å². The first-order valence-electron chi connectivity index (χ1n) is 10.5. The Morgan fingerprint density at radius 2 is 2.11 bits per heavy atom. The molecule has 1 atom stereocenters. The van der Waals surface area contributed by atoms with Crippen molar-refractivity contribution in [2.45, 2.75) is 57.5 Å². The minimum absolute atomic E-state index is 0.521. The Kier molecular flexibility index (Phi) is 5.67. The summed E-state index contributed by atoms with van der Waals surface area (Å²) in [7, 11) is 1.87. The Morgan fingerprint density at radius 3 is 2.93 bits per heavy atom. The standard InChI is InChI=1S/C22H33N5/c1-16-6-5-9-20-17(14-25-21(16)20)10-12-24-22(23-2)26-18-11-13-27(15-18)19-7-3-4-8-19/h5-6,9,14,18-19,25H,3-4,7-8,10-13,15H2,1-2H3,(H2,23,24,26). The molecule has 1 saturated heterocycles. The first kappa shape index (κ1) is 18.4. The van der Waals surface area contributed by atoms with Crippen molar-refractivity contribution in [3.05, 3.63) is 35.5 Å². The summed E-state index contributed by atoms with van der Waals surface area (Å²) in [6.07, 6.45) is 9.97. The summed E-state index contributed by atoms with van der Waals surface area (Å²) >= 11 is 0. The molecule has 0 spiro atoms. The predicted octanol–water partition coefficient (Wildman–Crippen LogP) is 3.20. The summed E-state index contributed by atoms with van der Waals surface area (Å²) < 4.78 is 0. The number of hydrogen-bond acceptors (Lipinski definition) is 2. The number of fused-ring (bicyclic) bond motifs is 1. The van der Waals surface area contributed by atoms with Gasteiger partial charge in [0.25, 0.3) is 0 Å². The number of nitrogens with one attached hydrogen (secondary N) is 3. The monoisotopic (exact) mass is 367 g/mol. The van der Waals surface area contributed by atoms with Gasteiger partial charge < -0.3 is 15.6 Å². The van der Waals surface area contributed by atoms with E-state index in [2.05, 4.69) is 56.8 Å². The molecular weight excluding hydrogens is 334 g/mol. The van der Waals surface area contributed by atoms with Gasteiger partial charge in [-0.25, -0.2) is 0 Å². The lowest BCUT2D eigenvalue weighted by molar-refractivity contribution is 0.242. The number of aliphatic imine (C=N–C) groups is 1. The summed E-state index contributed by atoms with van der Waals surface area (Å²) in [5.41, 5.74) is 3.93. The zero-order chi connectivity index (χ0) is 18.6. The van der Waals surface area contributed by atoms with Crippen LogP contribution >= 0.6 is 0 Å². The van der Waals surface area contributed by atoms with Gasteiger partial charge in [0.2, 0.25) is 0 Å². The molecule has 146 valence electrons. The largest absolute Gasteiger partial charge is 0.361 e. The number of nitrogens with zero attached hydrogens (tertiary/aromatic N) is 2. The highest BCUT2D eigenvalue weighted by Gasteiger charge is 2.30. The fourth-order valence-corrected chi connectivity index (χ4v) is 4.78. The molecule has 5 nitrogen and oxygen atoms in total. The van der Waals surface area contributed by atoms with Crippen LogP contribution in [-0.2, 0) is 6.42 Å². The fraction of sp³-hybridized carbons (Fsp3) is 0.591. The van der Waals surface area contributed by atoms with E-state index in [1.807, 2.05) is 7.05 Å². The maximum atomic E-state index is 4.44. The van der Waals surface area contributed by atoms with Gasteiger partial charge in [0.15, 0.2) is 5.96 Å². The van der Waals surface area contributed by atoms with Gasteiger partial charge in [-0.3, -0.25) is 9.89 Å².